The van der Waals surface area contributed by atoms with Gasteiger partial charge in [0.25, 0.3) is 0 Å². The van der Waals surface area contributed by atoms with E-state index in [4.69, 9.17) is 0 Å². The van der Waals surface area contributed by atoms with Gasteiger partial charge in [-0.2, -0.15) is 13.2 Å². The van der Waals surface area contributed by atoms with Crippen LogP contribution in [0, 0.1) is 11.8 Å². The van der Waals surface area contributed by atoms with Gasteiger partial charge in [0.2, 0.25) is 0 Å². The maximum Gasteiger partial charge on any atom is 0.416 e. The van der Waals surface area contributed by atoms with Crippen LogP contribution in [0.5, 0.6) is 0 Å². The van der Waals surface area contributed by atoms with Gasteiger partial charge in [0.1, 0.15) is 0 Å². The fourth-order valence-electron chi connectivity index (χ4n) is 3.58. The second kappa shape index (κ2) is 12.0. The van der Waals surface area contributed by atoms with Gasteiger partial charge in [-0.05, 0) is 69.2 Å². The Morgan fingerprint density at radius 3 is 1.94 bits per heavy atom. The lowest BCUT2D eigenvalue weighted by molar-refractivity contribution is -0.137. The van der Waals surface area contributed by atoms with Crippen LogP contribution < -0.4 is 4.90 Å². The molecule has 0 saturated carbocycles. The van der Waals surface area contributed by atoms with E-state index in [9.17, 15) is 13.2 Å². The van der Waals surface area contributed by atoms with Crippen molar-refractivity contribution >= 4 is 5.69 Å². The highest BCUT2D eigenvalue weighted by Gasteiger charge is 2.30. The van der Waals surface area contributed by atoms with E-state index < -0.39 is 11.7 Å². The Kier molecular flexibility index (Phi) is 9.69. The zero-order valence-corrected chi connectivity index (χ0v) is 19.9. The first-order valence-corrected chi connectivity index (χ1v) is 11.6. The van der Waals surface area contributed by atoms with E-state index in [1.54, 1.807) is 12.1 Å². The van der Waals surface area contributed by atoms with Crippen LogP contribution in [0.2, 0.25) is 0 Å². The standard InChI is InChI=1S/C28H36F3N/c1-5-6-7-8-9-10-11-12-13-23-14-16-24(17-15-23)22-32(27(2,3)4)26-20-18-25(19-21-26)28(29,30)31/h14-21H,5-11,22H2,1-4H3. The Labute approximate surface area is 192 Å². The summed E-state index contributed by atoms with van der Waals surface area (Å²) >= 11 is 0. The van der Waals surface area contributed by atoms with E-state index in [2.05, 4.69) is 56.6 Å². The summed E-state index contributed by atoms with van der Waals surface area (Å²) in [6.45, 7) is 9.03. The van der Waals surface area contributed by atoms with Crippen molar-refractivity contribution in [1.29, 1.82) is 0 Å². The lowest BCUT2D eigenvalue weighted by Crippen LogP contribution is -2.41. The van der Waals surface area contributed by atoms with E-state index in [0.29, 0.717) is 6.54 Å². The molecular weight excluding hydrogens is 407 g/mol. The summed E-state index contributed by atoms with van der Waals surface area (Å²) < 4.78 is 38.7. The van der Waals surface area contributed by atoms with Crippen LogP contribution in [0.15, 0.2) is 48.5 Å². The third kappa shape index (κ3) is 8.61. The first kappa shape index (κ1) is 25.8. The number of alkyl halides is 3. The minimum Gasteiger partial charge on any atom is -0.362 e. The Bertz CT molecular complexity index is 863. The molecule has 0 aliphatic carbocycles. The fraction of sp³-hybridized carbons (Fsp3) is 0.500. The average molecular weight is 444 g/mol. The van der Waals surface area contributed by atoms with Crippen molar-refractivity contribution in [2.45, 2.75) is 90.9 Å². The molecule has 1 nitrogen and oxygen atoms in total. The topological polar surface area (TPSA) is 3.24 Å². The molecule has 0 fully saturated rings. The molecule has 0 aliphatic heterocycles. The summed E-state index contributed by atoms with van der Waals surface area (Å²) in [4.78, 5) is 2.12. The van der Waals surface area contributed by atoms with E-state index in [1.807, 2.05) is 12.1 Å². The number of rotatable bonds is 9. The molecule has 0 saturated heterocycles. The maximum atomic E-state index is 12.9. The van der Waals surface area contributed by atoms with Crippen molar-refractivity contribution in [3.05, 3.63) is 65.2 Å². The Balaban J connectivity index is 1.98. The van der Waals surface area contributed by atoms with Crippen molar-refractivity contribution < 1.29 is 13.2 Å². The van der Waals surface area contributed by atoms with E-state index >= 15 is 0 Å². The molecule has 0 aromatic heterocycles. The molecule has 0 atom stereocenters. The Morgan fingerprint density at radius 2 is 1.38 bits per heavy atom. The van der Waals surface area contributed by atoms with Crippen LogP contribution in [-0.2, 0) is 12.7 Å². The second-order valence-corrected chi connectivity index (χ2v) is 9.32. The quantitative estimate of drug-likeness (QED) is 0.277. The van der Waals surface area contributed by atoms with Crippen molar-refractivity contribution in [2.24, 2.45) is 0 Å². The molecule has 2 rings (SSSR count). The number of hydrogen-bond donors (Lipinski definition) is 0. The summed E-state index contributed by atoms with van der Waals surface area (Å²) in [6.07, 6.45) is 4.23. The molecule has 0 N–H and O–H groups in total. The summed E-state index contributed by atoms with van der Waals surface area (Å²) in [5.74, 6) is 6.51. The van der Waals surface area contributed by atoms with Gasteiger partial charge in [-0.15, -0.1) is 0 Å². The van der Waals surface area contributed by atoms with Crippen molar-refractivity contribution in [3.63, 3.8) is 0 Å². The SMILES string of the molecule is CCCCCCCCC#Cc1ccc(CN(c2ccc(C(F)(F)F)cc2)C(C)(C)C)cc1. The summed E-state index contributed by atoms with van der Waals surface area (Å²) in [7, 11) is 0. The number of benzene rings is 2. The summed E-state index contributed by atoms with van der Waals surface area (Å²) in [5.41, 5.74) is 2.00. The number of nitrogens with zero attached hydrogens (tertiary/aromatic N) is 1. The van der Waals surface area contributed by atoms with Gasteiger partial charge in [0, 0.05) is 29.8 Å². The highest BCUT2D eigenvalue weighted by molar-refractivity contribution is 5.51. The largest absolute Gasteiger partial charge is 0.416 e. The third-order valence-electron chi connectivity index (χ3n) is 5.50. The monoisotopic (exact) mass is 443 g/mol. The summed E-state index contributed by atoms with van der Waals surface area (Å²) in [5, 5.41) is 0. The van der Waals surface area contributed by atoms with Gasteiger partial charge in [0.15, 0.2) is 0 Å². The molecule has 32 heavy (non-hydrogen) atoms. The van der Waals surface area contributed by atoms with E-state index in [0.717, 1.165) is 41.8 Å². The lowest BCUT2D eigenvalue weighted by Gasteiger charge is -2.38. The Morgan fingerprint density at radius 1 is 0.781 bits per heavy atom. The van der Waals surface area contributed by atoms with Crippen LogP contribution in [0.25, 0.3) is 0 Å². The smallest absolute Gasteiger partial charge is 0.362 e. The fourth-order valence-corrected chi connectivity index (χ4v) is 3.58. The van der Waals surface area contributed by atoms with Crippen LogP contribution >= 0.6 is 0 Å². The van der Waals surface area contributed by atoms with Crippen molar-refractivity contribution in [2.75, 3.05) is 4.90 Å². The van der Waals surface area contributed by atoms with Crippen molar-refractivity contribution in [1.82, 2.24) is 0 Å². The highest BCUT2D eigenvalue weighted by Crippen LogP contribution is 2.32. The molecular formula is C28H36F3N. The molecule has 0 heterocycles. The molecule has 0 unspecified atom stereocenters. The molecule has 0 aliphatic rings. The van der Waals surface area contributed by atoms with Gasteiger partial charge < -0.3 is 4.90 Å². The van der Waals surface area contributed by atoms with Gasteiger partial charge in [-0.1, -0.05) is 63.0 Å². The Hall–Kier alpha value is -2.41. The predicted octanol–water partition coefficient (Wildman–Crippen LogP) is 8.61. The van der Waals surface area contributed by atoms with E-state index in [-0.39, 0.29) is 5.54 Å². The first-order chi connectivity index (χ1) is 15.1. The first-order valence-electron chi connectivity index (χ1n) is 11.6. The number of unbranched alkanes of at least 4 members (excludes halogenated alkanes) is 6. The molecule has 174 valence electrons. The molecule has 2 aromatic rings. The zero-order chi connectivity index (χ0) is 23.6. The molecule has 0 spiro atoms. The van der Waals surface area contributed by atoms with Gasteiger partial charge >= 0.3 is 6.18 Å². The number of hydrogen-bond acceptors (Lipinski definition) is 1. The minimum atomic E-state index is -4.32. The van der Waals surface area contributed by atoms with Crippen LogP contribution in [0.3, 0.4) is 0 Å². The van der Waals surface area contributed by atoms with E-state index in [1.165, 1.54) is 32.1 Å². The maximum absolute atomic E-state index is 12.9. The van der Waals surface area contributed by atoms with Gasteiger partial charge in [-0.3, -0.25) is 0 Å². The molecule has 0 bridgehead atoms. The highest BCUT2D eigenvalue weighted by atomic mass is 19.4. The van der Waals surface area contributed by atoms with Gasteiger partial charge in [0.05, 0.1) is 5.56 Å². The van der Waals surface area contributed by atoms with Crippen LogP contribution in [0.1, 0.15) is 89.3 Å². The number of anilines is 1. The number of halogens is 3. The normalized spacial score (nSPS) is 11.7. The lowest BCUT2D eigenvalue weighted by atomic mass is 10.0. The molecule has 0 radical (unpaired) electrons. The van der Waals surface area contributed by atoms with Crippen molar-refractivity contribution in [3.8, 4) is 11.8 Å². The zero-order valence-electron chi connectivity index (χ0n) is 19.9. The predicted molar refractivity (Wildman–Crippen MR) is 129 cm³/mol. The van der Waals surface area contributed by atoms with Crippen LogP contribution in [0.4, 0.5) is 18.9 Å². The second-order valence-electron chi connectivity index (χ2n) is 9.32. The summed E-state index contributed by atoms with van der Waals surface area (Å²) in [6, 6.07) is 13.6. The molecule has 2 aromatic carbocycles. The molecule has 4 heteroatoms. The third-order valence-corrected chi connectivity index (χ3v) is 5.50. The van der Waals surface area contributed by atoms with Gasteiger partial charge in [-0.25, -0.2) is 0 Å². The van der Waals surface area contributed by atoms with Crippen LogP contribution in [-0.4, -0.2) is 5.54 Å². The molecule has 0 amide bonds. The average Bonchev–Trinajstić information content (AvgIpc) is 2.73. The minimum absolute atomic E-state index is 0.241.